The van der Waals surface area contributed by atoms with Crippen LogP contribution >= 0.6 is 0 Å². The van der Waals surface area contributed by atoms with E-state index in [0.717, 1.165) is 11.4 Å². The van der Waals surface area contributed by atoms with Crippen LogP contribution in [0.15, 0.2) is 42.6 Å². The third-order valence-electron chi connectivity index (χ3n) is 2.75. The molecule has 0 aliphatic heterocycles. The van der Waals surface area contributed by atoms with E-state index in [1.165, 1.54) is 12.3 Å². The summed E-state index contributed by atoms with van der Waals surface area (Å²) >= 11 is 0. The molecule has 1 unspecified atom stereocenters. The molecule has 0 spiro atoms. The van der Waals surface area contributed by atoms with Crippen molar-refractivity contribution in [2.24, 2.45) is 5.73 Å². The fourth-order valence-electron chi connectivity index (χ4n) is 1.70. The molecule has 0 bridgehead atoms. The minimum Gasteiger partial charge on any atom is -0.377 e. The van der Waals surface area contributed by atoms with Crippen LogP contribution in [0.25, 0.3) is 0 Å². The molecule has 2 aromatic rings. The highest BCUT2D eigenvalue weighted by Gasteiger charge is 2.07. The van der Waals surface area contributed by atoms with Crippen molar-refractivity contribution in [2.45, 2.75) is 13.0 Å². The molecule has 0 radical (unpaired) electrons. The van der Waals surface area contributed by atoms with E-state index in [1.807, 2.05) is 6.92 Å². The van der Waals surface area contributed by atoms with Crippen LogP contribution < -0.4 is 11.1 Å². The maximum absolute atomic E-state index is 12.8. The van der Waals surface area contributed by atoms with Crippen LogP contribution in [-0.2, 0) is 0 Å². The average Bonchev–Trinajstić information content (AvgIpc) is 2.40. The molecule has 1 aromatic heterocycles. The van der Waals surface area contributed by atoms with Gasteiger partial charge < -0.3 is 11.1 Å². The number of aromatic nitrogens is 1. The van der Waals surface area contributed by atoms with Gasteiger partial charge in [0.25, 0.3) is 0 Å². The van der Waals surface area contributed by atoms with E-state index in [4.69, 9.17) is 5.73 Å². The lowest BCUT2D eigenvalue weighted by atomic mass is 10.1. The molecule has 2 rings (SSSR count). The van der Waals surface area contributed by atoms with Crippen molar-refractivity contribution < 1.29 is 9.18 Å². The molecule has 0 saturated carbocycles. The van der Waals surface area contributed by atoms with Crippen LogP contribution in [0.4, 0.5) is 10.1 Å². The summed E-state index contributed by atoms with van der Waals surface area (Å²) in [5, 5.41) is 3.21. The summed E-state index contributed by atoms with van der Waals surface area (Å²) in [7, 11) is 0. The predicted octanol–water partition coefficient (Wildman–Crippen LogP) is 2.49. The fraction of sp³-hybridized carbons (Fsp3) is 0.143. The van der Waals surface area contributed by atoms with Crippen molar-refractivity contribution in [1.29, 1.82) is 0 Å². The number of rotatable bonds is 4. The summed E-state index contributed by atoms with van der Waals surface area (Å²) in [6.07, 6.45) is 1.18. The molecule has 1 atom stereocenters. The van der Waals surface area contributed by atoms with Crippen LogP contribution in [-0.4, -0.2) is 10.9 Å². The number of hydrogen-bond donors (Lipinski definition) is 2. The fourth-order valence-corrected chi connectivity index (χ4v) is 1.70. The maximum atomic E-state index is 12.8. The summed E-state index contributed by atoms with van der Waals surface area (Å²) < 4.78 is 12.8. The lowest BCUT2D eigenvalue weighted by Gasteiger charge is -2.14. The third kappa shape index (κ3) is 3.28. The Hall–Kier alpha value is -2.43. The Balaban J connectivity index is 2.08. The molecule has 0 aliphatic carbocycles. The standard InChI is InChI=1S/C14H14FN3O/c1-9(13-7-4-11(15)8-17-13)18-12-5-2-10(3-6-12)14(16)19/h2-9,18H,1H3,(H2,16,19). The van der Waals surface area contributed by atoms with E-state index < -0.39 is 5.91 Å². The molecule has 98 valence electrons. The normalized spacial score (nSPS) is 11.9. The molecule has 1 amide bonds. The molecule has 0 saturated heterocycles. The van der Waals surface area contributed by atoms with Crippen LogP contribution in [0.1, 0.15) is 29.0 Å². The van der Waals surface area contributed by atoms with Crippen molar-refractivity contribution in [2.75, 3.05) is 5.32 Å². The van der Waals surface area contributed by atoms with E-state index in [0.29, 0.717) is 5.56 Å². The summed E-state index contributed by atoms with van der Waals surface area (Å²) in [5.74, 6) is -0.818. The van der Waals surface area contributed by atoms with Crippen molar-refractivity contribution in [3.05, 3.63) is 59.7 Å². The number of benzene rings is 1. The molecule has 4 nitrogen and oxygen atoms in total. The van der Waals surface area contributed by atoms with Crippen LogP contribution in [0.2, 0.25) is 0 Å². The Kier molecular flexibility index (Phi) is 3.75. The lowest BCUT2D eigenvalue weighted by Crippen LogP contribution is -2.11. The van der Waals surface area contributed by atoms with Gasteiger partial charge in [0.05, 0.1) is 17.9 Å². The quantitative estimate of drug-likeness (QED) is 0.886. The molecule has 5 heteroatoms. The number of carbonyl (C=O) groups excluding carboxylic acids is 1. The number of hydrogen-bond acceptors (Lipinski definition) is 3. The summed E-state index contributed by atoms with van der Waals surface area (Å²) in [5.41, 5.74) is 7.20. The molecular formula is C14H14FN3O. The number of nitrogens with two attached hydrogens (primary N) is 1. The zero-order valence-corrected chi connectivity index (χ0v) is 10.4. The van der Waals surface area contributed by atoms with Crippen molar-refractivity contribution in [3.8, 4) is 0 Å². The number of anilines is 1. The number of amides is 1. The molecular weight excluding hydrogens is 245 g/mol. The summed E-state index contributed by atoms with van der Waals surface area (Å²) in [6.45, 7) is 1.92. The second-order valence-corrected chi connectivity index (χ2v) is 4.21. The maximum Gasteiger partial charge on any atom is 0.248 e. The number of nitrogens with zero attached hydrogens (tertiary/aromatic N) is 1. The zero-order chi connectivity index (χ0) is 13.8. The SMILES string of the molecule is CC(Nc1ccc(C(N)=O)cc1)c1ccc(F)cn1. The monoisotopic (exact) mass is 259 g/mol. The molecule has 1 aromatic carbocycles. The first-order valence-electron chi connectivity index (χ1n) is 5.84. The number of pyridine rings is 1. The lowest BCUT2D eigenvalue weighted by molar-refractivity contribution is 0.100. The second-order valence-electron chi connectivity index (χ2n) is 4.21. The summed E-state index contributed by atoms with van der Waals surface area (Å²) in [4.78, 5) is 15.0. The van der Waals surface area contributed by atoms with Gasteiger partial charge in [0.1, 0.15) is 5.82 Å². The van der Waals surface area contributed by atoms with Gasteiger partial charge in [-0.05, 0) is 43.3 Å². The zero-order valence-electron chi connectivity index (χ0n) is 10.4. The first-order valence-corrected chi connectivity index (χ1v) is 5.84. The smallest absolute Gasteiger partial charge is 0.248 e. The number of carbonyl (C=O) groups is 1. The van der Waals surface area contributed by atoms with Gasteiger partial charge in [0, 0.05) is 11.3 Å². The molecule has 1 heterocycles. The van der Waals surface area contributed by atoms with E-state index in [-0.39, 0.29) is 11.9 Å². The van der Waals surface area contributed by atoms with Gasteiger partial charge in [0.2, 0.25) is 5.91 Å². The number of halogens is 1. The highest BCUT2D eigenvalue weighted by Crippen LogP contribution is 2.18. The Morgan fingerprint density at radius 2 is 1.95 bits per heavy atom. The number of primary amides is 1. The molecule has 0 fully saturated rings. The van der Waals surface area contributed by atoms with Crippen molar-refractivity contribution >= 4 is 11.6 Å². The molecule has 3 N–H and O–H groups in total. The van der Waals surface area contributed by atoms with Gasteiger partial charge in [-0.25, -0.2) is 4.39 Å². The van der Waals surface area contributed by atoms with Crippen LogP contribution in [0.3, 0.4) is 0 Å². The van der Waals surface area contributed by atoms with E-state index in [2.05, 4.69) is 10.3 Å². The summed E-state index contributed by atoms with van der Waals surface area (Å²) in [6, 6.07) is 9.76. The Morgan fingerprint density at radius 3 is 2.47 bits per heavy atom. The van der Waals surface area contributed by atoms with Gasteiger partial charge in [0.15, 0.2) is 0 Å². The van der Waals surface area contributed by atoms with Crippen LogP contribution in [0, 0.1) is 5.82 Å². The first kappa shape index (κ1) is 13.0. The van der Waals surface area contributed by atoms with Gasteiger partial charge in [-0.2, -0.15) is 0 Å². The topological polar surface area (TPSA) is 68.0 Å². The van der Waals surface area contributed by atoms with E-state index in [9.17, 15) is 9.18 Å². The largest absolute Gasteiger partial charge is 0.377 e. The van der Waals surface area contributed by atoms with Crippen molar-refractivity contribution in [3.63, 3.8) is 0 Å². The van der Waals surface area contributed by atoms with Crippen LogP contribution in [0.5, 0.6) is 0 Å². The first-order chi connectivity index (χ1) is 9.06. The minimum absolute atomic E-state index is 0.0694. The Morgan fingerprint density at radius 1 is 1.26 bits per heavy atom. The van der Waals surface area contributed by atoms with Crippen molar-refractivity contribution in [1.82, 2.24) is 4.98 Å². The molecule has 0 aliphatic rings. The Labute approximate surface area is 110 Å². The van der Waals surface area contributed by atoms with Gasteiger partial charge in [-0.15, -0.1) is 0 Å². The minimum atomic E-state index is -0.459. The highest BCUT2D eigenvalue weighted by atomic mass is 19.1. The van der Waals surface area contributed by atoms with E-state index in [1.54, 1.807) is 30.3 Å². The van der Waals surface area contributed by atoms with Gasteiger partial charge in [-0.1, -0.05) is 0 Å². The van der Waals surface area contributed by atoms with Gasteiger partial charge >= 0.3 is 0 Å². The Bertz CT molecular complexity index is 566. The van der Waals surface area contributed by atoms with E-state index >= 15 is 0 Å². The highest BCUT2D eigenvalue weighted by molar-refractivity contribution is 5.93. The number of nitrogens with one attached hydrogen (secondary N) is 1. The van der Waals surface area contributed by atoms with Gasteiger partial charge in [-0.3, -0.25) is 9.78 Å². The average molecular weight is 259 g/mol. The second kappa shape index (κ2) is 5.48. The third-order valence-corrected chi connectivity index (χ3v) is 2.75. The predicted molar refractivity (Wildman–Crippen MR) is 71.2 cm³/mol. The molecule has 19 heavy (non-hydrogen) atoms.